The third-order valence-electron chi connectivity index (χ3n) is 6.04. The first-order chi connectivity index (χ1) is 12.8. The van der Waals surface area contributed by atoms with Crippen molar-refractivity contribution >= 4 is 11.4 Å². The summed E-state index contributed by atoms with van der Waals surface area (Å²) in [6.07, 6.45) is 7.90. The van der Waals surface area contributed by atoms with Crippen LogP contribution >= 0.6 is 0 Å². The van der Waals surface area contributed by atoms with Crippen LogP contribution in [0.15, 0.2) is 55.0 Å². The average Bonchev–Trinajstić information content (AvgIpc) is 3.22. The summed E-state index contributed by atoms with van der Waals surface area (Å²) in [4.78, 5) is 15.7. The van der Waals surface area contributed by atoms with Crippen LogP contribution in [0, 0.1) is 5.92 Å². The molecular weight excluding hydrogens is 324 g/mol. The van der Waals surface area contributed by atoms with E-state index in [0.29, 0.717) is 12.1 Å². The first-order valence-electron chi connectivity index (χ1n) is 9.41. The van der Waals surface area contributed by atoms with Crippen LogP contribution in [0.3, 0.4) is 0 Å². The molecular formula is C21H22N4O. The molecule has 2 aromatic heterocycles. The lowest BCUT2D eigenvalue weighted by Crippen LogP contribution is -2.44. The molecule has 5 nitrogen and oxygen atoms in total. The Balaban J connectivity index is 1.33. The maximum absolute atomic E-state index is 13.1. The fourth-order valence-corrected chi connectivity index (χ4v) is 4.75. The van der Waals surface area contributed by atoms with Gasteiger partial charge >= 0.3 is 0 Å². The Hall–Kier alpha value is -2.53. The normalized spacial score (nSPS) is 25.6. The molecule has 3 aromatic rings. The van der Waals surface area contributed by atoms with Crippen molar-refractivity contribution in [3.05, 3.63) is 66.1 Å². The van der Waals surface area contributed by atoms with Gasteiger partial charge in [-0.25, -0.2) is 0 Å². The van der Waals surface area contributed by atoms with Crippen LogP contribution in [0.2, 0.25) is 0 Å². The first-order valence-corrected chi connectivity index (χ1v) is 9.41. The van der Waals surface area contributed by atoms with E-state index in [-0.39, 0.29) is 11.7 Å². The topological polar surface area (TPSA) is 50.5 Å². The van der Waals surface area contributed by atoms with Crippen molar-refractivity contribution in [1.29, 1.82) is 0 Å². The molecule has 2 unspecified atom stereocenters. The number of carbonyl (C=O) groups is 1. The van der Waals surface area contributed by atoms with Crippen LogP contribution in [-0.2, 0) is 6.54 Å². The van der Waals surface area contributed by atoms with Gasteiger partial charge in [-0.2, -0.15) is 0 Å². The SMILES string of the molecule is O=C(c1ccc2nncn2c1)C1CC2CCC(C1)N2Cc1ccccc1. The highest BCUT2D eigenvalue weighted by atomic mass is 16.1. The Bertz CT molecular complexity index is 921. The van der Waals surface area contributed by atoms with E-state index in [1.165, 1.54) is 18.4 Å². The molecule has 0 radical (unpaired) electrons. The number of benzene rings is 1. The number of nitrogens with zero attached hydrogens (tertiary/aromatic N) is 4. The van der Waals surface area contributed by atoms with Crippen LogP contribution in [0.1, 0.15) is 41.6 Å². The van der Waals surface area contributed by atoms with Gasteiger partial charge in [0.2, 0.25) is 0 Å². The highest BCUT2D eigenvalue weighted by molar-refractivity contribution is 5.98. The zero-order valence-electron chi connectivity index (χ0n) is 14.7. The summed E-state index contributed by atoms with van der Waals surface area (Å²) in [5, 5.41) is 7.90. The van der Waals surface area contributed by atoms with Crippen LogP contribution in [0.25, 0.3) is 5.65 Å². The molecule has 2 saturated heterocycles. The van der Waals surface area contributed by atoms with Gasteiger partial charge in [-0.05, 0) is 43.4 Å². The predicted molar refractivity (Wildman–Crippen MR) is 98.8 cm³/mol. The summed E-state index contributed by atoms with van der Waals surface area (Å²) in [6, 6.07) is 15.5. The molecule has 0 N–H and O–H groups in total. The molecule has 132 valence electrons. The minimum absolute atomic E-state index is 0.133. The quantitative estimate of drug-likeness (QED) is 0.680. The number of aromatic nitrogens is 3. The molecule has 2 aliphatic rings. The second-order valence-corrected chi connectivity index (χ2v) is 7.59. The second-order valence-electron chi connectivity index (χ2n) is 7.59. The van der Waals surface area contributed by atoms with Crippen molar-refractivity contribution in [1.82, 2.24) is 19.5 Å². The maximum atomic E-state index is 13.1. The van der Waals surface area contributed by atoms with E-state index in [9.17, 15) is 4.79 Å². The first kappa shape index (κ1) is 15.7. The number of Topliss-reactive ketones (excluding diaryl/α,β-unsaturated/α-hetero) is 1. The number of piperidine rings is 1. The Morgan fingerprint density at radius 2 is 1.81 bits per heavy atom. The highest BCUT2D eigenvalue weighted by Gasteiger charge is 2.42. The smallest absolute Gasteiger partial charge is 0.167 e. The molecule has 2 fully saturated rings. The number of carbonyl (C=O) groups excluding carboxylic acids is 1. The lowest BCUT2D eigenvalue weighted by atomic mass is 9.85. The Morgan fingerprint density at radius 1 is 1.04 bits per heavy atom. The third kappa shape index (κ3) is 2.72. The van der Waals surface area contributed by atoms with Crippen molar-refractivity contribution in [2.24, 2.45) is 5.92 Å². The second kappa shape index (κ2) is 6.32. The lowest BCUT2D eigenvalue weighted by Gasteiger charge is -2.38. The third-order valence-corrected chi connectivity index (χ3v) is 6.04. The van der Waals surface area contributed by atoms with Gasteiger partial charge in [0, 0.05) is 36.3 Å². The molecule has 1 aromatic carbocycles. The molecule has 0 aliphatic carbocycles. The highest BCUT2D eigenvalue weighted by Crippen LogP contribution is 2.40. The molecule has 4 heterocycles. The lowest BCUT2D eigenvalue weighted by molar-refractivity contribution is 0.0678. The Kier molecular flexibility index (Phi) is 3.82. The van der Waals surface area contributed by atoms with Crippen LogP contribution < -0.4 is 0 Å². The van der Waals surface area contributed by atoms with Gasteiger partial charge < -0.3 is 0 Å². The molecule has 0 saturated carbocycles. The summed E-state index contributed by atoms with van der Waals surface area (Å²) in [5.41, 5.74) is 2.92. The number of ketones is 1. The van der Waals surface area contributed by atoms with E-state index in [1.54, 1.807) is 6.33 Å². The number of hydrogen-bond acceptors (Lipinski definition) is 4. The number of rotatable bonds is 4. The molecule has 2 aliphatic heterocycles. The Morgan fingerprint density at radius 3 is 2.58 bits per heavy atom. The summed E-state index contributed by atoms with van der Waals surface area (Å²) in [6.45, 7) is 1.00. The molecule has 2 bridgehead atoms. The molecule has 26 heavy (non-hydrogen) atoms. The van der Waals surface area contributed by atoms with E-state index in [2.05, 4.69) is 45.4 Å². The van der Waals surface area contributed by atoms with E-state index >= 15 is 0 Å². The zero-order chi connectivity index (χ0) is 17.5. The van der Waals surface area contributed by atoms with Gasteiger partial charge in [0.15, 0.2) is 11.4 Å². The van der Waals surface area contributed by atoms with Crippen LogP contribution in [0.4, 0.5) is 0 Å². The van der Waals surface area contributed by atoms with Gasteiger partial charge in [-0.3, -0.25) is 14.1 Å². The average molecular weight is 346 g/mol. The summed E-state index contributed by atoms with van der Waals surface area (Å²) in [7, 11) is 0. The van der Waals surface area contributed by atoms with E-state index in [1.807, 2.05) is 22.7 Å². The fourth-order valence-electron chi connectivity index (χ4n) is 4.75. The largest absolute Gasteiger partial charge is 0.294 e. The molecule has 0 spiro atoms. The van der Waals surface area contributed by atoms with Crippen molar-refractivity contribution in [3.63, 3.8) is 0 Å². The molecule has 5 heteroatoms. The fraction of sp³-hybridized carbons (Fsp3) is 0.381. The predicted octanol–water partition coefficient (Wildman–Crippen LogP) is 3.36. The molecule has 0 amide bonds. The summed E-state index contributed by atoms with van der Waals surface area (Å²) < 4.78 is 1.83. The van der Waals surface area contributed by atoms with E-state index in [0.717, 1.165) is 30.6 Å². The maximum Gasteiger partial charge on any atom is 0.167 e. The van der Waals surface area contributed by atoms with Crippen molar-refractivity contribution in [2.75, 3.05) is 0 Å². The standard InChI is InChI=1S/C21H22N4O/c26-21(16-6-9-20-23-22-14-24(20)13-16)17-10-18-7-8-19(11-17)25(18)12-15-4-2-1-3-5-15/h1-6,9,13-14,17-19H,7-8,10-12H2. The van der Waals surface area contributed by atoms with Gasteiger partial charge in [0.25, 0.3) is 0 Å². The summed E-state index contributed by atoms with van der Waals surface area (Å²) >= 11 is 0. The van der Waals surface area contributed by atoms with Gasteiger partial charge in [-0.1, -0.05) is 30.3 Å². The molecule has 2 atom stereocenters. The van der Waals surface area contributed by atoms with Crippen molar-refractivity contribution in [3.8, 4) is 0 Å². The van der Waals surface area contributed by atoms with Gasteiger partial charge in [0.05, 0.1) is 0 Å². The minimum atomic E-state index is 0.133. The van der Waals surface area contributed by atoms with E-state index in [4.69, 9.17) is 0 Å². The number of fused-ring (bicyclic) bond motifs is 3. The van der Waals surface area contributed by atoms with Crippen LogP contribution in [-0.4, -0.2) is 37.4 Å². The Labute approximate surface area is 152 Å². The zero-order valence-corrected chi connectivity index (χ0v) is 14.7. The van der Waals surface area contributed by atoms with Gasteiger partial charge in [0.1, 0.15) is 6.33 Å². The van der Waals surface area contributed by atoms with Gasteiger partial charge in [-0.15, -0.1) is 10.2 Å². The minimum Gasteiger partial charge on any atom is -0.294 e. The van der Waals surface area contributed by atoms with Crippen molar-refractivity contribution in [2.45, 2.75) is 44.3 Å². The molecule has 5 rings (SSSR count). The van der Waals surface area contributed by atoms with Crippen molar-refractivity contribution < 1.29 is 4.79 Å². The van der Waals surface area contributed by atoms with Crippen LogP contribution in [0.5, 0.6) is 0 Å². The number of hydrogen-bond donors (Lipinski definition) is 0. The monoisotopic (exact) mass is 346 g/mol. The summed E-state index contributed by atoms with van der Waals surface area (Å²) in [5.74, 6) is 0.408. The van der Waals surface area contributed by atoms with E-state index < -0.39 is 0 Å². The number of pyridine rings is 1.